The van der Waals surface area contributed by atoms with Crippen LogP contribution >= 0.6 is 11.6 Å². The fourth-order valence-corrected chi connectivity index (χ4v) is 3.56. The maximum absolute atomic E-state index is 13.2. The summed E-state index contributed by atoms with van der Waals surface area (Å²) >= 11 is 5.82. The Balaban J connectivity index is 1.66. The first kappa shape index (κ1) is 20.8. The van der Waals surface area contributed by atoms with Gasteiger partial charge < -0.3 is 10.2 Å². The van der Waals surface area contributed by atoms with Gasteiger partial charge in [0.15, 0.2) is 5.69 Å². The van der Waals surface area contributed by atoms with Gasteiger partial charge in [0.1, 0.15) is 5.69 Å². The van der Waals surface area contributed by atoms with Crippen molar-refractivity contribution < 1.29 is 22.8 Å². The van der Waals surface area contributed by atoms with E-state index < -0.39 is 28.6 Å². The van der Waals surface area contributed by atoms with Crippen molar-refractivity contribution in [2.24, 2.45) is 0 Å². The first-order valence-electron chi connectivity index (χ1n) is 9.00. The van der Waals surface area contributed by atoms with Crippen molar-refractivity contribution in [1.29, 1.82) is 0 Å². The normalized spacial score (nSPS) is 16.2. The minimum absolute atomic E-state index is 0.0464. The average Bonchev–Trinajstić information content (AvgIpc) is 3.15. The number of amides is 2. The highest BCUT2D eigenvalue weighted by molar-refractivity contribution is 6.31. The molecule has 31 heavy (non-hydrogen) atoms. The van der Waals surface area contributed by atoms with Crippen LogP contribution in [0.25, 0.3) is 0 Å². The van der Waals surface area contributed by atoms with Crippen LogP contribution in [0, 0.1) is 0 Å². The molecular formula is C19H14ClF3N6O2. The van der Waals surface area contributed by atoms with E-state index >= 15 is 0 Å². The molecule has 0 unspecified atom stereocenters. The summed E-state index contributed by atoms with van der Waals surface area (Å²) in [5.74, 6) is -1.13. The molecule has 2 aromatic heterocycles. The standard InChI is InChI=1S/C19H14ClF3N6O2/c1-10-9-28(11-2-3-12(13(20)6-11)19(21,22)23)18(31)16-14(8-26-29(10)16)27-17(30)15-7-24-4-5-25-15/h2-8,10H,9H2,1H3,(H,27,30)/t10-/m0/s1. The molecule has 0 saturated heterocycles. The van der Waals surface area contributed by atoms with Crippen LogP contribution in [-0.4, -0.2) is 38.1 Å². The third-order valence-electron chi connectivity index (χ3n) is 4.72. The Bertz CT molecular complexity index is 1170. The van der Waals surface area contributed by atoms with Gasteiger partial charge in [0.25, 0.3) is 11.8 Å². The van der Waals surface area contributed by atoms with E-state index in [-0.39, 0.29) is 35.3 Å². The predicted molar refractivity (Wildman–Crippen MR) is 105 cm³/mol. The van der Waals surface area contributed by atoms with Crippen molar-refractivity contribution in [3.63, 3.8) is 0 Å². The molecule has 4 rings (SSSR count). The Kier molecular flexibility index (Phi) is 5.13. The molecule has 0 radical (unpaired) electrons. The number of benzene rings is 1. The van der Waals surface area contributed by atoms with Crippen molar-refractivity contribution >= 4 is 34.8 Å². The van der Waals surface area contributed by atoms with E-state index in [4.69, 9.17) is 11.6 Å². The van der Waals surface area contributed by atoms with Gasteiger partial charge in [0.2, 0.25) is 0 Å². The van der Waals surface area contributed by atoms with Gasteiger partial charge in [-0.2, -0.15) is 18.3 Å². The molecule has 0 saturated carbocycles. The molecular weight excluding hydrogens is 437 g/mol. The maximum Gasteiger partial charge on any atom is 0.417 e. The van der Waals surface area contributed by atoms with Crippen molar-refractivity contribution in [3.05, 3.63) is 65.0 Å². The highest BCUT2D eigenvalue weighted by atomic mass is 35.5. The minimum Gasteiger partial charge on any atom is -0.317 e. The summed E-state index contributed by atoms with van der Waals surface area (Å²) in [6.45, 7) is 1.95. The predicted octanol–water partition coefficient (Wildman–Crippen LogP) is 3.82. The van der Waals surface area contributed by atoms with Crippen LogP contribution in [-0.2, 0) is 6.18 Å². The Morgan fingerprint density at radius 3 is 2.68 bits per heavy atom. The number of alkyl halides is 3. The molecule has 0 aliphatic carbocycles. The number of nitrogens with zero attached hydrogens (tertiary/aromatic N) is 5. The number of aromatic nitrogens is 4. The molecule has 1 atom stereocenters. The number of carbonyl (C=O) groups is 2. The number of nitrogens with one attached hydrogen (secondary N) is 1. The molecule has 0 spiro atoms. The Morgan fingerprint density at radius 2 is 2.03 bits per heavy atom. The number of anilines is 2. The van der Waals surface area contributed by atoms with Crippen LogP contribution in [0.1, 0.15) is 39.5 Å². The zero-order valence-electron chi connectivity index (χ0n) is 15.9. The quantitative estimate of drug-likeness (QED) is 0.655. The first-order valence-corrected chi connectivity index (χ1v) is 9.38. The van der Waals surface area contributed by atoms with Gasteiger partial charge in [-0.05, 0) is 25.1 Å². The monoisotopic (exact) mass is 450 g/mol. The highest BCUT2D eigenvalue weighted by Gasteiger charge is 2.36. The average molecular weight is 451 g/mol. The minimum atomic E-state index is -4.61. The number of carbonyl (C=O) groups excluding carboxylic acids is 2. The van der Waals surface area contributed by atoms with Crippen molar-refractivity contribution in [2.45, 2.75) is 19.1 Å². The summed E-state index contributed by atoms with van der Waals surface area (Å²) in [5.41, 5.74) is -0.502. The summed E-state index contributed by atoms with van der Waals surface area (Å²) in [4.78, 5) is 34.6. The molecule has 1 aromatic carbocycles. The topological polar surface area (TPSA) is 93.0 Å². The summed E-state index contributed by atoms with van der Waals surface area (Å²) < 4.78 is 40.5. The summed E-state index contributed by atoms with van der Waals surface area (Å²) in [7, 11) is 0. The van der Waals surface area contributed by atoms with Crippen molar-refractivity contribution in [2.75, 3.05) is 16.8 Å². The zero-order valence-corrected chi connectivity index (χ0v) is 16.6. The van der Waals surface area contributed by atoms with E-state index in [9.17, 15) is 22.8 Å². The Hall–Kier alpha value is -3.47. The molecule has 1 aliphatic heterocycles. The summed E-state index contributed by atoms with van der Waals surface area (Å²) in [6.07, 6.45) is 0.765. The maximum atomic E-state index is 13.2. The molecule has 2 amide bonds. The van der Waals surface area contributed by atoms with E-state index in [2.05, 4.69) is 20.4 Å². The lowest BCUT2D eigenvalue weighted by Crippen LogP contribution is -2.43. The second kappa shape index (κ2) is 7.65. The van der Waals surface area contributed by atoms with Crippen LogP contribution in [0.2, 0.25) is 5.02 Å². The van der Waals surface area contributed by atoms with Crippen LogP contribution in [0.4, 0.5) is 24.5 Å². The Morgan fingerprint density at radius 1 is 1.26 bits per heavy atom. The Labute approximate surface area is 178 Å². The number of fused-ring (bicyclic) bond motifs is 1. The zero-order chi connectivity index (χ0) is 22.3. The molecule has 0 bridgehead atoms. The van der Waals surface area contributed by atoms with E-state index in [1.54, 1.807) is 6.92 Å². The van der Waals surface area contributed by atoms with E-state index in [1.165, 1.54) is 40.4 Å². The van der Waals surface area contributed by atoms with Gasteiger partial charge in [-0.1, -0.05) is 11.6 Å². The highest BCUT2D eigenvalue weighted by Crippen LogP contribution is 2.38. The summed E-state index contributed by atoms with van der Waals surface area (Å²) in [5, 5.41) is 6.24. The molecule has 8 nitrogen and oxygen atoms in total. The number of hydrogen-bond acceptors (Lipinski definition) is 5. The fraction of sp³-hybridized carbons (Fsp3) is 0.211. The number of hydrogen-bond donors (Lipinski definition) is 1. The molecule has 3 aromatic rings. The van der Waals surface area contributed by atoms with Gasteiger partial charge in [0.05, 0.1) is 34.7 Å². The van der Waals surface area contributed by atoms with Crippen LogP contribution in [0.3, 0.4) is 0 Å². The molecule has 12 heteroatoms. The SMILES string of the molecule is C[C@H]1CN(c2ccc(C(F)(F)F)c(Cl)c2)C(=O)c2c(NC(=O)c3cnccn3)cnn21. The largest absolute Gasteiger partial charge is 0.417 e. The smallest absolute Gasteiger partial charge is 0.317 e. The second-order valence-electron chi connectivity index (χ2n) is 6.82. The summed E-state index contributed by atoms with van der Waals surface area (Å²) in [6, 6.07) is 2.80. The molecule has 0 fully saturated rings. The van der Waals surface area contributed by atoms with Crippen LogP contribution < -0.4 is 10.2 Å². The molecule has 3 heterocycles. The van der Waals surface area contributed by atoms with Gasteiger partial charge >= 0.3 is 6.18 Å². The van der Waals surface area contributed by atoms with Gasteiger partial charge in [-0.15, -0.1) is 0 Å². The number of rotatable bonds is 3. The van der Waals surface area contributed by atoms with Crippen molar-refractivity contribution in [1.82, 2.24) is 19.7 Å². The molecule has 160 valence electrons. The lowest BCUT2D eigenvalue weighted by atomic mass is 10.1. The van der Waals surface area contributed by atoms with E-state index in [1.807, 2.05) is 0 Å². The molecule has 1 aliphatic rings. The lowest BCUT2D eigenvalue weighted by molar-refractivity contribution is -0.137. The number of halogens is 4. The van der Waals surface area contributed by atoms with Gasteiger partial charge in [-0.25, -0.2) is 4.98 Å². The van der Waals surface area contributed by atoms with Gasteiger partial charge in [0, 0.05) is 24.6 Å². The third-order valence-corrected chi connectivity index (χ3v) is 5.03. The molecule has 1 N–H and O–H groups in total. The van der Waals surface area contributed by atoms with E-state index in [0.717, 1.165) is 12.1 Å². The fourth-order valence-electron chi connectivity index (χ4n) is 3.28. The van der Waals surface area contributed by atoms with Crippen LogP contribution in [0.5, 0.6) is 0 Å². The third kappa shape index (κ3) is 3.83. The first-order chi connectivity index (χ1) is 14.7. The van der Waals surface area contributed by atoms with Crippen LogP contribution in [0.15, 0.2) is 43.0 Å². The van der Waals surface area contributed by atoms with Gasteiger partial charge in [-0.3, -0.25) is 19.3 Å². The lowest BCUT2D eigenvalue weighted by Gasteiger charge is -2.32. The van der Waals surface area contributed by atoms with E-state index in [0.29, 0.717) is 0 Å². The van der Waals surface area contributed by atoms with Crippen molar-refractivity contribution in [3.8, 4) is 0 Å². The second-order valence-corrected chi connectivity index (χ2v) is 7.23.